The van der Waals surface area contributed by atoms with Crippen molar-refractivity contribution in [1.29, 1.82) is 0 Å². The molecule has 140 valence electrons. The Hall–Kier alpha value is -1.45. The van der Waals surface area contributed by atoms with Crippen molar-refractivity contribution in [3.05, 3.63) is 57.5 Å². The van der Waals surface area contributed by atoms with E-state index in [4.69, 9.17) is 16.3 Å². The first kappa shape index (κ1) is 20.9. The van der Waals surface area contributed by atoms with Gasteiger partial charge in [-0.25, -0.2) is 13.1 Å². The molecule has 1 unspecified atom stereocenters. The van der Waals surface area contributed by atoms with Crippen LogP contribution in [0, 0.1) is 0 Å². The number of amides is 1. The van der Waals surface area contributed by atoms with Crippen molar-refractivity contribution in [2.24, 2.45) is 0 Å². The summed E-state index contributed by atoms with van der Waals surface area (Å²) in [5, 5.41) is 3.01. The average Bonchev–Trinajstić information content (AvgIpc) is 2.57. The number of carbonyl (C=O) groups excluding carboxylic acids is 1. The third-order valence-electron chi connectivity index (χ3n) is 3.37. The van der Waals surface area contributed by atoms with Gasteiger partial charge in [-0.2, -0.15) is 0 Å². The van der Waals surface area contributed by atoms with Crippen LogP contribution in [0.5, 0.6) is 0 Å². The minimum absolute atomic E-state index is 0.0962. The number of methoxy groups -OCH3 is 1. The summed E-state index contributed by atoms with van der Waals surface area (Å²) in [6, 6.07) is 10.5. The zero-order chi connectivity index (χ0) is 19.3. The third-order valence-corrected chi connectivity index (χ3v) is 5.80. The number of nitrogens with one attached hydrogen (secondary N) is 2. The van der Waals surface area contributed by atoms with E-state index in [0.717, 1.165) is 4.47 Å². The van der Waals surface area contributed by atoms with E-state index in [1.54, 1.807) is 25.1 Å². The number of anilines is 1. The van der Waals surface area contributed by atoms with E-state index < -0.39 is 15.9 Å². The number of rotatable bonds is 7. The van der Waals surface area contributed by atoms with E-state index >= 15 is 0 Å². The maximum atomic E-state index is 12.3. The SMILES string of the molecule is COCC(C)NS(=O)(=O)c1ccc(NC(=O)c2cc(Br)ccc2Cl)cc1. The van der Waals surface area contributed by atoms with Crippen molar-refractivity contribution in [3.63, 3.8) is 0 Å². The number of ether oxygens (including phenoxy) is 1. The summed E-state index contributed by atoms with van der Waals surface area (Å²) in [6.45, 7) is 1.97. The lowest BCUT2D eigenvalue weighted by Gasteiger charge is -2.13. The van der Waals surface area contributed by atoms with E-state index in [2.05, 4.69) is 26.0 Å². The van der Waals surface area contributed by atoms with E-state index in [1.807, 2.05) is 0 Å². The van der Waals surface area contributed by atoms with Crippen LogP contribution >= 0.6 is 27.5 Å². The molecule has 2 aromatic rings. The van der Waals surface area contributed by atoms with Gasteiger partial charge in [0, 0.05) is 23.3 Å². The van der Waals surface area contributed by atoms with E-state index in [1.165, 1.54) is 31.4 Å². The summed E-state index contributed by atoms with van der Waals surface area (Å²) in [5.74, 6) is -0.390. The topological polar surface area (TPSA) is 84.5 Å². The van der Waals surface area contributed by atoms with Gasteiger partial charge in [-0.05, 0) is 49.4 Å². The summed E-state index contributed by atoms with van der Waals surface area (Å²) < 4.78 is 32.7. The number of carbonyl (C=O) groups is 1. The molecule has 2 N–H and O–H groups in total. The highest BCUT2D eigenvalue weighted by atomic mass is 79.9. The summed E-state index contributed by atoms with van der Waals surface area (Å²) in [5.41, 5.74) is 0.766. The van der Waals surface area contributed by atoms with E-state index in [-0.39, 0.29) is 17.5 Å². The van der Waals surface area contributed by atoms with Crippen LogP contribution in [-0.4, -0.2) is 34.1 Å². The fourth-order valence-electron chi connectivity index (χ4n) is 2.20. The normalized spacial score (nSPS) is 12.6. The predicted molar refractivity (Wildman–Crippen MR) is 105 cm³/mol. The predicted octanol–water partition coefficient (Wildman–Crippen LogP) is 3.67. The van der Waals surface area contributed by atoms with E-state index in [9.17, 15) is 13.2 Å². The first-order valence-corrected chi connectivity index (χ1v) is 10.3. The van der Waals surface area contributed by atoms with Gasteiger partial charge < -0.3 is 10.1 Å². The minimum atomic E-state index is -3.66. The van der Waals surface area contributed by atoms with Crippen LogP contribution in [0.1, 0.15) is 17.3 Å². The molecular formula is C17H18BrClN2O4S. The van der Waals surface area contributed by atoms with E-state index in [0.29, 0.717) is 16.3 Å². The first-order valence-electron chi connectivity index (χ1n) is 7.60. The Morgan fingerprint density at radius 2 is 1.88 bits per heavy atom. The molecule has 2 aromatic carbocycles. The van der Waals surface area contributed by atoms with Crippen LogP contribution < -0.4 is 10.0 Å². The summed E-state index contributed by atoms with van der Waals surface area (Å²) >= 11 is 9.33. The van der Waals surface area contributed by atoms with Crippen molar-refractivity contribution >= 4 is 49.1 Å². The van der Waals surface area contributed by atoms with Crippen LogP contribution in [-0.2, 0) is 14.8 Å². The molecule has 1 atom stereocenters. The molecule has 1 amide bonds. The monoisotopic (exact) mass is 460 g/mol. The second-order valence-corrected chi connectivity index (χ2v) is 8.62. The van der Waals surface area contributed by atoms with Crippen molar-refractivity contribution in [1.82, 2.24) is 4.72 Å². The Morgan fingerprint density at radius 3 is 2.50 bits per heavy atom. The van der Waals surface area contributed by atoms with Gasteiger partial charge in [0.1, 0.15) is 0 Å². The maximum absolute atomic E-state index is 12.3. The summed E-state index contributed by atoms with van der Waals surface area (Å²) in [7, 11) is -2.16. The van der Waals surface area contributed by atoms with Crippen molar-refractivity contribution in [3.8, 4) is 0 Å². The molecule has 0 fully saturated rings. The molecule has 26 heavy (non-hydrogen) atoms. The van der Waals surface area contributed by atoms with Gasteiger partial charge in [0.05, 0.1) is 22.1 Å². The Balaban J connectivity index is 2.12. The van der Waals surface area contributed by atoms with Gasteiger partial charge in [0.25, 0.3) is 5.91 Å². The smallest absolute Gasteiger partial charge is 0.257 e. The number of hydrogen-bond donors (Lipinski definition) is 2. The van der Waals surface area contributed by atoms with Gasteiger partial charge in [0.2, 0.25) is 10.0 Å². The molecule has 0 spiro atoms. The van der Waals surface area contributed by atoms with Crippen LogP contribution in [0.2, 0.25) is 5.02 Å². The molecule has 0 saturated heterocycles. The molecule has 0 radical (unpaired) electrons. The fraction of sp³-hybridized carbons (Fsp3) is 0.235. The molecule has 0 aliphatic carbocycles. The Kier molecular flexibility index (Phi) is 7.19. The van der Waals surface area contributed by atoms with Gasteiger partial charge in [-0.15, -0.1) is 0 Å². The largest absolute Gasteiger partial charge is 0.383 e. The number of benzene rings is 2. The van der Waals surface area contributed by atoms with Crippen LogP contribution in [0.3, 0.4) is 0 Å². The minimum Gasteiger partial charge on any atom is -0.383 e. The van der Waals surface area contributed by atoms with Crippen LogP contribution in [0.15, 0.2) is 51.8 Å². The standard InChI is InChI=1S/C17H18BrClN2O4S/c1-11(10-25-2)21-26(23,24)14-6-4-13(5-7-14)20-17(22)15-9-12(18)3-8-16(15)19/h3-9,11,21H,10H2,1-2H3,(H,20,22). The zero-order valence-corrected chi connectivity index (χ0v) is 17.3. The molecule has 2 rings (SSSR count). The van der Waals surface area contributed by atoms with Crippen molar-refractivity contribution < 1.29 is 17.9 Å². The highest BCUT2D eigenvalue weighted by Crippen LogP contribution is 2.22. The molecule has 0 saturated carbocycles. The summed E-state index contributed by atoms with van der Waals surface area (Å²) in [6.07, 6.45) is 0. The van der Waals surface area contributed by atoms with Crippen molar-refractivity contribution in [2.75, 3.05) is 19.0 Å². The van der Waals surface area contributed by atoms with Gasteiger partial charge in [0.15, 0.2) is 0 Å². The third kappa shape index (κ3) is 5.52. The second-order valence-electron chi connectivity index (χ2n) is 5.58. The summed E-state index contributed by atoms with van der Waals surface area (Å²) in [4.78, 5) is 12.4. The Morgan fingerprint density at radius 1 is 1.23 bits per heavy atom. The van der Waals surface area contributed by atoms with Crippen molar-refractivity contribution in [2.45, 2.75) is 17.9 Å². The maximum Gasteiger partial charge on any atom is 0.257 e. The number of hydrogen-bond acceptors (Lipinski definition) is 4. The quantitative estimate of drug-likeness (QED) is 0.659. The fourth-order valence-corrected chi connectivity index (χ4v) is 4.00. The first-order chi connectivity index (χ1) is 12.2. The Bertz CT molecular complexity index is 888. The molecule has 0 heterocycles. The zero-order valence-electron chi connectivity index (χ0n) is 14.1. The molecular weight excluding hydrogens is 444 g/mol. The molecule has 0 aliphatic heterocycles. The highest BCUT2D eigenvalue weighted by Gasteiger charge is 2.17. The molecule has 0 aliphatic rings. The average molecular weight is 462 g/mol. The lowest BCUT2D eigenvalue weighted by Crippen LogP contribution is -2.35. The molecule has 0 aromatic heterocycles. The lowest BCUT2D eigenvalue weighted by molar-refractivity contribution is 0.102. The number of sulfonamides is 1. The molecule has 9 heteroatoms. The van der Waals surface area contributed by atoms with Crippen LogP contribution in [0.4, 0.5) is 5.69 Å². The molecule has 6 nitrogen and oxygen atoms in total. The van der Waals surface area contributed by atoms with Crippen LogP contribution in [0.25, 0.3) is 0 Å². The second kappa shape index (κ2) is 8.96. The lowest BCUT2D eigenvalue weighted by atomic mass is 10.2. The van der Waals surface area contributed by atoms with Gasteiger partial charge in [-0.1, -0.05) is 27.5 Å². The Labute approximate surface area is 166 Å². The highest BCUT2D eigenvalue weighted by molar-refractivity contribution is 9.10. The number of halogens is 2. The van der Waals surface area contributed by atoms with Gasteiger partial charge in [-0.3, -0.25) is 4.79 Å². The molecule has 0 bridgehead atoms. The van der Waals surface area contributed by atoms with Gasteiger partial charge >= 0.3 is 0 Å².